The van der Waals surface area contributed by atoms with Crippen molar-refractivity contribution in [2.45, 2.75) is 252 Å². The maximum Gasteiger partial charge on any atom is 0.306 e. The minimum Gasteiger partial charge on any atom is -0.462 e. The van der Waals surface area contributed by atoms with Crippen LogP contribution in [0.4, 0.5) is 0 Å². The Balaban J connectivity index is 4.52. The Morgan fingerprint density at radius 1 is 0.309 bits per heavy atom. The van der Waals surface area contributed by atoms with E-state index in [0.717, 1.165) is 116 Å². The number of unbranched alkanes of at least 4 members (excludes halogenated alkanes) is 20. The highest BCUT2D eigenvalue weighted by Crippen LogP contribution is 2.13. The van der Waals surface area contributed by atoms with E-state index >= 15 is 0 Å². The summed E-state index contributed by atoms with van der Waals surface area (Å²) in [6.45, 7) is 6.42. The third kappa shape index (κ3) is 53.0. The molecule has 0 unspecified atom stereocenters. The quantitative estimate of drug-likeness (QED) is 0.0262. The summed E-state index contributed by atoms with van der Waals surface area (Å²) in [6, 6.07) is 0. The van der Waals surface area contributed by atoms with E-state index < -0.39 is 6.10 Å². The van der Waals surface area contributed by atoms with Gasteiger partial charge in [0.1, 0.15) is 13.2 Å². The minimum atomic E-state index is -0.819. The van der Waals surface area contributed by atoms with Crippen molar-refractivity contribution in [3.8, 4) is 0 Å². The van der Waals surface area contributed by atoms with E-state index in [1.807, 2.05) is 0 Å². The van der Waals surface area contributed by atoms with Crippen LogP contribution in [0.15, 0.2) is 109 Å². The van der Waals surface area contributed by atoms with Gasteiger partial charge < -0.3 is 14.2 Å². The molecular weight excluding hydrogens is 841 g/mol. The lowest BCUT2D eigenvalue weighted by Gasteiger charge is -2.18. The molecule has 386 valence electrons. The van der Waals surface area contributed by atoms with E-state index in [-0.39, 0.29) is 37.5 Å². The van der Waals surface area contributed by atoms with Crippen LogP contribution in [0.25, 0.3) is 0 Å². The van der Waals surface area contributed by atoms with Crippen LogP contribution in [-0.2, 0) is 28.6 Å². The third-order valence-electron chi connectivity index (χ3n) is 11.5. The van der Waals surface area contributed by atoms with Gasteiger partial charge in [0.2, 0.25) is 0 Å². The Morgan fingerprint density at radius 2 is 0.588 bits per heavy atom. The lowest BCUT2D eigenvalue weighted by Crippen LogP contribution is -2.30. The Labute approximate surface area is 419 Å². The van der Waals surface area contributed by atoms with E-state index in [0.29, 0.717) is 19.3 Å². The molecule has 0 aromatic carbocycles. The minimum absolute atomic E-state index is 0.111. The Kier molecular flexibility index (Phi) is 52.4. The summed E-state index contributed by atoms with van der Waals surface area (Å²) in [6.07, 6.45) is 75.0. The van der Waals surface area contributed by atoms with Crippen molar-refractivity contribution in [1.29, 1.82) is 0 Å². The van der Waals surface area contributed by atoms with E-state index in [1.54, 1.807) is 0 Å². The molecule has 0 aromatic rings. The zero-order chi connectivity index (χ0) is 49.3. The van der Waals surface area contributed by atoms with Crippen LogP contribution in [0.1, 0.15) is 245 Å². The van der Waals surface area contributed by atoms with Crippen molar-refractivity contribution in [2.24, 2.45) is 0 Å². The number of carbonyl (C=O) groups excluding carboxylic acids is 3. The second kappa shape index (κ2) is 55.7. The number of esters is 3. The summed E-state index contributed by atoms with van der Waals surface area (Å²) < 4.78 is 16.8. The molecule has 0 fully saturated rings. The van der Waals surface area contributed by atoms with Crippen LogP contribution in [0.5, 0.6) is 0 Å². The van der Waals surface area contributed by atoms with Gasteiger partial charge in [-0.15, -0.1) is 0 Å². The monoisotopic (exact) mass is 943 g/mol. The lowest BCUT2D eigenvalue weighted by molar-refractivity contribution is -0.167. The zero-order valence-electron chi connectivity index (χ0n) is 44.1. The van der Waals surface area contributed by atoms with E-state index in [2.05, 4.69) is 130 Å². The molecule has 0 radical (unpaired) electrons. The van der Waals surface area contributed by atoms with Gasteiger partial charge >= 0.3 is 17.9 Å². The Hall–Kier alpha value is -3.93. The first kappa shape index (κ1) is 64.1. The SMILES string of the molecule is CC/C=C\C/C=C\C/C=C\C/C=C\C/C=C\CCCC(=O)O[C@H](COC(=O)CCCCCCC/C=C\CCCCCCC)COC(=O)CCCCCCCC/C=C\C/C=C\C/C=C\CCCCC. The summed E-state index contributed by atoms with van der Waals surface area (Å²) in [5, 5.41) is 0. The molecular formula is C62H102O6. The highest BCUT2D eigenvalue weighted by molar-refractivity contribution is 5.71. The van der Waals surface area contributed by atoms with Gasteiger partial charge in [0.15, 0.2) is 6.10 Å². The average Bonchev–Trinajstić information content (AvgIpc) is 3.34. The van der Waals surface area contributed by atoms with Gasteiger partial charge in [-0.3, -0.25) is 14.4 Å². The van der Waals surface area contributed by atoms with Crippen LogP contribution in [-0.4, -0.2) is 37.2 Å². The van der Waals surface area contributed by atoms with Crippen LogP contribution in [0, 0.1) is 0 Å². The van der Waals surface area contributed by atoms with E-state index in [9.17, 15) is 14.4 Å². The first-order chi connectivity index (χ1) is 33.5. The highest BCUT2D eigenvalue weighted by Gasteiger charge is 2.19. The molecule has 0 N–H and O–H groups in total. The summed E-state index contributed by atoms with van der Waals surface area (Å²) in [5.41, 5.74) is 0. The molecule has 0 saturated carbocycles. The molecule has 0 amide bonds. The molecule has 0 rings (SSSR count). The second-order valence-corrected chi connectivity index (χ2v) is 18.1. The molecule has 0 bridgehead atoms. The number of ether oxygens (including phenoxy) is 3. The van der Waals surface area contributed by atoms with Crippen molar-refractivity contribution < 1.29 is 28.6 Å². The molecule has 68 heavy (non-hydrogen) atoms. The van der Waals surface area contributed by atoms with Crippen LogP contribution in [0.3, 0.4) is 0 Å². The maximum atomic E-state index is 12.8. The summed E-state index contributed by atoms with van der Waals surface area (Å²) >= 11 is 0. The Morgan fingerprint density at radius 3 is 0.985 bits per heavy atom. The molecule has 0 aliphatic rings. The molecule has 0 heterocycles. The number of allylic oxidation sites excluding steroid dienone is 18. The maximum absolute atomic E-state index is 12.8. The van der Waals surface area contributed by atoms with Crippen molar-refractivity contribution in [3.05, 3.63) is 109 Å². The van der Waals surface area contributed by atoms with Gasteiger partial charge in [0.05, 0.1) is 0 Å². The molecule has 0 spiro atoms. The van der Waals surface area contributed by atoms with Gasteiger partial charge in [0, 0.05) is 19.3 Å². The Bertz CT molecular complexity index is 1410. The standard InChI is InChI=1S/C62H102O6/c1-4-7-10-13-16-19-22-25-28-30-31-33-34-37-40-43-46-49-52-55-61(64)67-58-59(57-66-60(63)54-51-48-45-42-39-36-27-24-21-18-15-12-9-6-3)68-62(65)56-53-50-47-44-41-38-35-32-29-26-23-20-17-14-11-8-5-2/h8,11,16-17,19-20,24-29,31,33,35,38,44,47,59H,4-7,9-10,12-15,18,21-23,30,32,34,36-37,39-43,45-46,48-58H2,1-3H3/b11-8-,19-16-,20-17-,27-24-,28-25-,29-26-,33-31-,38-35-,47-44-/t59-/m1/s1. The third-order valence-corrected chi connectivity index (χ3v) is 11.5. The fourth-order valence-corrected chi connectivity index (χ4v) is 7.30. The predicted molar refractivity (Wildman–Crippen MR) is 293 cm³/mol. The van der Waals surface area contributed by atoms with Gasteiger partial charge in [0.25, 0.3) is 0 Å². The van der Waals surface area contributed by atoms with Crippen LogP contribution >= 0.6 is 0 Å². The predicted octanol–water partition coefficient (Wildman–Crippen LogP) is 18.7. The molecule has 0 aliphatic heterocycles. The van der Waals surface area contributed by atoms with Crippen molar-refractivity contribution in [1.82, 2.24) is 0 Å². The van der Waals surface area contributed by atoms with Crippen LogP contribution < -0.4 is 0 Å². The summed E-state index contributed by atoms with van der Waals surface area (Å²) in [4.78, 5) is 38.1. The fraction of sp³-hybridized carbons (Fsp3) is 0.661. The van der Waals surface area contributed by atoms with Crippen molar-refractivity contribution in [2.75, 3.05) is 13.2 Å². The molecule has 0 aromatic heterocycles. The normalized spacial score (nSPS) is 12.9. The summed E-state index contributed by atoms with van der Waals surface area (Å²) in [5.74, 6) is -0.992. The topological polar surface area (TPSA) is 78.9 Å². The zero-order valence-corrected chi connectivity index (χ0v) is 44.1. The van der Waals surface area contributed by atoms with Gasteiger partial charge in [-0.05, 0) is 122 Å². The lowest BCUT2D eigenvalue weighted by atomic mass is 10.1. The fourth-order valence-electron chi connectivity index (χ4n) is 7.30. The van der Waals surface area contributed by atoms with E-state index in [1.165, 1.54) is 83.5 Å². The molecule has 6 heteroatoms. The molecule has 0 aliphatic carbocycles. The smallest absolute Gasteiger partial charge is 0.306 e. The van der Waals surface area contributed by atoms with Gasteiger partial charge in [-0.25, -0.2) is 0 Å². The number of hydrogen-bond acceptors (Lipinski definition) is 6. The largest absolute Gasteiger partial charge is 0.462 e. The highest BCUT2D eigenvalue weighted by atomic mass is 16.6. The van der Waals surface area contributed by atoms with Gasteiger partial charge in [-0.2, -0.15) is 0 Å². The van der Waals surface area contributed by atoms with Crippen LogP contribution in [0.2, 0.25) is 0 Å². The number of rotatable bonds is 49. The molecule has 0 saturated heterocycles. The summed E-state index contributed by atoms with van der Waals surface area (Å²) in [7, 11) is 0. The van der Waals surface area contributed by atoms with E-state index in [4.69, 9.17) is 14.2 Å². The number of carbonyl (C=O) groups is 3. The van der Waals surface area contributed by atoms with Crippen molar-refractivity contribution in [3.63, 3.8) is 0 Å². The molecule has 1 atom stereocenters. The second-order valence-electron chi connectivity index (χ2n) is 18.1. The van der Waals surface area contributed by atoms with Gasteiger partial charge in [-0.1, -0.05) is 214 Å². The average molecular weight is 943 g/mol. The number of hydrogen-bond donors (Lipinski definition) is 0. The first-order valence-electron chi connectivity index (χ1n) is 27.9. The van der Waals surface area contributed by atoms with Crippen molar-refractivity contribution >= 4 is 17.9 Å². The first-order valence-corrected chi connectivity index (χ1v) is 27.9. The molecule has 6 nitrogen and oxygen atoms in total.